The largest absolute Gasteiger partial charge is 0.478 e. The van der Waals surface area contributed by atoms with E-state index in [9.17, 15) is 9.18 Å². The summed E-state index contributed by atoms with van der Waals surface area (Å²) in [6.45, 7) is 0. The van der Waals surface area contributed by atoms with Crippen LogP contribution in [0.15, 0.2) is 52.3 Å². The second kappa shape index (κ2) is 5.42. The number of carbonyl (C=O) groups is 1. The highest BCUT2D eigenvalue weighted by molar-refractivity contribution is 7.99. The number of rotatable bonds is 3. The summed E-state index contributed by atoms with van der Waals surface area (Å²) in [5.74, 6) is -1.36. The van der Waals surface area contributed by atoms with Gasteiger partial charge in [-0.1, -0.05) is 23.4 Å². The smallest absolute Gasteiger partial charge is 0.336 e. The first-order valence-corrected chi connectivity index (χ1v) is 6.22. The van der Waals surface area contributed by atoms with E-state index in [2.05, 4.69) is 0 Å². The maximum absolute atomic E-state index is 12.8. The SMILES string of the molecule is O=C(O)c1cc(Cl)ccc1Sc1ccc(F)cc1. The van der Waals surface area contributed by atoms with Gasteiger partial charge in [-0.15, -0.1) is 0 Å². The van der Waals surface area contributed by atoms with Gasteiger partial charge in [0.25, 0.3) is 0 Å². The number of benzene rings is 2. The van der Waals surface area contributed by atoms with Crippen LogP contribution in [0.5, 0.6) is 0 Å². The van der Waals surface area contributed by atoms with E-state index in [0.717, 1.165) is 4.90 Å². The van der Waals surface area contributed by atoms with Crippen LogP contribution >= 0.6 is 23.4 Å². The molecule has 92 valence electrons. The molecular formula is C13H8ClFO2S. The molecule has 2 nitrogen and oxygen atoms in total. The van der Waals surface area contributed by atoms with E-state index in [4.69, 9.17) is 16.7 Å². The predicted molar refractivity (Wildman–Crippen MR) is 68.9 cm³/mol. The van der Waals surface area contributed by atoms with Gasteiger partial charge in [-0.2, -0.15) is 0 Å². The molecule has 0 atom stereocenters. The van der Waals surface area contributed by atoms with Crippen LogP contribution in [0.1, 0.15) is 10.4 Å². The average Bonchev–Trinajstić information content (AvgIpc) is 2.34. The number of halogens is 2. The lowest BCUT2D eigenvalue weighted by Gasteiger charge is -2.06. The van der Waals surface area contributed by atoms with E-state index in [1.807, 2.05) is 0 Å². The molecule has 1 N–H and O–H groups in total. The topological polar surface area (TPSA) is 37.3 Å². The van der Waals surface area contributed by atoms with Gasteiger partial charge in [-0.3, -0.25) is 0 Å². The van der Waals surface area contributed by atoms with Crippen molar-refractivity contribution in [3.63, 3.8) is 0 Å². The van der Waals surface area contributed by atoms with Gasteiger partial charge in [0.2, 0.25) is 0 Å². The first-order chi connectivity index (χ1) is 8.56. The van der Waals surface area contributed by atoms with Crippen molar-refractivity contribution in [3.05, 3.63) is 58.9 Å². The molecule has 0 fully saturated rings. The minimum atomic E-state index is -1.04. The summed E-state index contributed by atoms with van der Waals surface area (Å²) < 4.78 is 12.8. The van der Waals surface area contributed by atoms with Crippen molar-refractivity contribution in [2.24, 2.45) is 0 Å². The molecule has 2 aromatic rings. The number of aromatic carboxylic acids is 1. The molecule has 5 heteroatoms. The molecule has 0 bridgehead atoms. The standard InChI is InChI=1S/C13H8ClFO2S/c14-8-1-6-12(11(7-8)13(16)17)18-10-4-2-9(15)3-5-10/h1-7H,(H,16,17). The molecule has 0 amide bonds. The van der Waals surface area contributed by atoms with Crippen LogP contribution in [0.25, 0.3) is 0 Å². The highest BCUT2D eigenvalue weighted by Crippen LogP contribution is 2.32. The number of hydrogen-bond acceptors (Lipinski definition) is 2. The molecule has 0 saturated heterocycles. The van der Waals surface area contributed by atoms with Gasteiger partial charge in [-0.05, 0) is 42.5 Å². The van der Waals surface area contributed by atoms with Crippen LogP contribution in [0.2, 0.25) is 5.02 Å². The number of carboxylic acids is 1. The third-order valence-electron chi connectivity index (χ3n) is 2.21. The highest BCUT2D eigenvalue weighted by atomic mass is 35.5. The van der Waals surface area contributed by atoms with Gasteiger partial charge in [-0.25, -0.2) is 9.18 Å². The Bertz CT molecular complexity index is 584. The second-order valence-corrected chi connectivity index (χ2v) is 5.05. The fourth-order valence-corrected chi connectivity index (χ4v) is 2.48. The average molecular weight is 283 g/mol. The Kier molecular flexibility index (Phi) is 3.89. The summed E-state index contributed by atoms with van der Waals surface area (Å²) in [5, 5.41) is 9.45. The molecule has 0 aliphatic carbocycles. The molecule has 18 heavy (non-hydrogen) atoms. The van der Waals surface area contributed by atoms with E-state index in [0.29, 0.717) is 9.92 Å². The lowest BCUT2D eigenvalue weighted by atomic mass is 10.2. The van der Waals surface area contributed by atoms with Gasteiger partial charge in [0, 0.05) is 14.8 Å². The summed E-state index contributed by atoms with van der Waals surface area (Å²) in [6.07, 6.45) is 0. The molecule has 0 aliphatic heterocycles. The fraction of sp³-hybridized carbons (Fsp3) is 0. The lowest BCUT2D eigenvalue weighted by Crippen LogP contribution is -1.98. The zero-order chi connectivity index (χ0) is 13.1. The van der Waals surface area contributed by atoms with E-state index >= 15 is 0 Å². The van der Waals surface area contributed by atoms with E-state index < -0.39 is 5.97 Å². The van der Waals surface area contributed by atoms with Crippen LogP contribution in [-0.4, -0.2) is 11.1 Å². The molecule has 0 spiro atoms. The van der Waals surface area contributed by atoms with E-state index in [1.54, 1.807) is 24.3 Å². The summed E-state index contributed by atoms with van der Waals surface area (Å²) in [4.78, 5) is 12.4. The Labute approximate surface area is 112 Å². The predicted octanol–water partition coefficient (Wildman–Crippen LogP) is 4.33. The number of hydrogen-bond donors (Lipinski definition) is 1. The van der Waals surface area contributed by atoms with Gasteiger partial charge >= 0.3 is 5.97 Å². The molecule has 0 aromatic heterocycles. The molecule has 0 saturated carbocycles. The lowest BCUT2D eigenvalue weighted by molar-refractivity contribution is 0.0693. The molecule has 2 aromatic carbocycles. The quantitative estimate of drug-likeness (QED) is 0.910. The second-order valence-electron chi connectivity index (χ2n) is 3.50. The Morgan fingerprint density at radius 1 is 1.17 bits per heavy atom. The summed E-state index contributed by atoms with van der Waals surface area (Å²) in [6, 6.07) is 10.5. The van der Waals surface area contributed by atoms with Crippen molar-refractivity contribution in [1.29, 1.82) is 0 Å². The molecule has 0 radical (unpaired) electrons. The first-order valence-electron chi connectivity index (χ1n) is 5.02. The Balaban J connectivity index is 2.34. The Morgan fingerprint density at radius 3 is 2.44 bits per heavy atom. The van der Waals surface area contributed by atoms with Crippen molar-refractivity contribution >= 4 is 29.3 Å². The van der Waals surface area contributed by atoms with Crippen LogP contribution in [-0.2, 0) is 0 Å². The van der Waals surface area contributed by atoms with Crippen LogP contribution in [0.4, 0.5) is 4.39 Å². The minimum absolute atomic E-state index is 0.136. The Hall–Kier alpha value is -1.52. The van der Waals surface area contributed by atoms with Crippen molar-refractivity contribution in [2.45, 2.75) is 9.79 Å². The van der Waals surface area contributed by atoms with Gasteiger partial charge < -0.3 is 5.11 Å². The molecule has 0 aliphatic rings. The first kappa shape index (κ1) is 12.9. The van der Waals surface area contributed by atoms with Gasteiger partial charge in [0.15, 0.2) is 0 Å². The third kappa shape index (κ3) is 3.03. The molecular weight excluding hydrogens is 275 g/mol. The van der Waals surface area contributed by atoms with E-state index in [1.165, 1.54) is 30.0 Å². The fourth-order valence-electron chi connectivity index (χ4n) is 1.39. The van der Waals surface area contributed by atoms with Crippen molar-refractivity contribution in [2.75, 3.05) is 0 Å². The minimum Gasteiger partial charge on any atom is -0.478 e. The van der Waals surface area contributed by atoms with Gasteiger partial charge in [0.1, 0.15) is 5.82 Å². The van der Waals surface area contributed by atoms with E-state index in [-0.39, 0.29) is 11.4 Å². The zero-order valence-corrected chi connectivity index (χ0v) is 10.6. The summed E-state index contributed by atoms with van der Waals surface area (Å²) in [7, 11) is 0. The summed E-state index contributed by atoms with van der Waals surface area (Å²) in [5.41, 5.74) is 0.136. The summed E-state index contributed by atoms with van der Waals surface area (Å²) >= 11 is 7.02. The molecule has 0 heterocycles. The van der Waals surface area contributed by atoms with Crippen LogP contribution in [0, 0.1) is 5.82 Å². The maximum atomic E-state index is 12.8. The van der Waals surface area contributed by atoms with Crippen LogP contribution < -0.4 is 0 Å². The van der Waals surface area contributed by atoms with Crippen molar-refractivity contribution < 1.29 is 14.3 Å². The maximum Gasteiger partial charge on any atom is 0.336 e. The highest BCUT2D eigenvalue weighted by Gasteiger charge is 2.11. The monoisotopic (exact) mass is 282 g/mol. The third-order valence-corrected chi connectivity index (χ3v) is 3.53. The number of carboxylic acid groups (broad SMARTS) is 1. The van der Waals surface area contributed by atoms with Crippen molar-refractivity contribution in [1.82, 2.24) is 0 Å². The normalized spacial score (nSPS) is 10.3. The van der Waals surface area contributed by atoms with Crippen molar-refractivity contribution in [3.8, 4) is 0 Å². The molecule has 2 rings (SSSR count). The van der Waals surface area contributed by atoms with Gasteiger partial charge in [0.05, 0.1) is 5.56 Å². The Morgan fingerprint density at radius 2 is 1.83 bits per heavy atom. The molecule has 0 unspecified atom stereocenters. The zero-order valence-electron chi connectivity index (χ0n) is 9.06. The van der Waals surface area contributed by atoms with Crippen LogP contribution in [0.3, 0.4) is 0 Å².